The summed E-state index contributed by atoms with van der Waals surface area (Å²) in [6.07, 6.45) is 4.43. The predicted molar refractivity (Wildman–Crippen MR) is 63.2 cm³/mol. The van der Waals surface area contributed by atoms with Gasteiger partial charge >= 0.3 is 0 Å². The Kier molecular flexibility index (Phi) is 4.11. The Bertz CT molecular complexity index is 370. The van der Waals surface area contributed by atoms with Crippen LogP contribution in [0, 0.1) is 5.82 Å². The van der Waals surface area contributed by atoms with Crippen LogP contribution in [0.2, 0.25) is 0 Å². The van der Waals surface area contributed by atoms with Crippen molar-refractivity contribution in [1.82, 2.24) is 0 Å². The number of halogens is 2. The van der Waals surface area contributed by atoms with E-state index in [1.165, 1.54) is 6.07 Å². The lowest BCUT2D eigenvalue weighted by Gasteiger charge is -2.28. The van der Waals surface area contributed by atoms with Crippen LogP contribution in [0.4, 0.5) is 8.78 Å². The largest absolute Gasteiger partial charge is 0.381 e. The summed E-state index contributed by atoms with van der Waals surface area (Å²) in [5.41, 5.74) is 1.15. The quantitative estimate of drug-likeness (QED) is 0.776. The molecule has 0 aliphatic heterocycles. The van der Waals surface area contributed by atoms with Crippen molar-refractivity contribution in [2.45, 2.75) is 44.4 Å². The summed E-state index contributed by atoms with van der Waals surface area (Å²) in [6.45, 7) is -0.734. The summed E-state index contributed by atoms with van der Waals surface area (Å²) in [5.74, 6) is -0.0246. The van der Waals surface area contributed by atoms with Crippen molar-refractivity contribution >= 4 is 0 Å². The Balaban J connectivity index is 2.06. The van der Waals surface area contributed by atoms with E-state index in [0.717, 1.165) is 31.2 Å². The van der Waals surface area contributed by atoms with Crippen molar-refractivity contribution in [3.05, 3.63) is 35.1 Å². The molecule has 0 heterocycles. The van der Waals surface area contributed by atoms with Gasteiger partial charge in [-0.3, -0.25) is 0 Å². The number of hydrogen-bond donors (Lipinski definition) is 0. The highest BCUT2D eigenvalue weighted by Crippen LogP contribution is 2.34. The molecule has 0 saturated heterocycles. The maximum absolute atomic E-state index is 13.5. The van der Waals surface area contributed by atoms with E-state index in [2.05, 4.69) is 0 Å². The lowest BCUT2D eigenvalue weighted by Crippen LogP contribution is -2.19. The third kappa shape index (κ3) is 2.83. The second-order valence-electron chi connectivity index (χ2n) is 4.69. The Morgan fingerprint density at radius 1 is 1.24 bits per heavy atom. The Morgan fingerprint density at radius 3 is 2.47 bits per heavy atom. The number of methoxy groups -OCH3 is 1. The fourth-order valence-corrected chi connectivity index (χ4v) is 2.56. The average molecular weight is 240 g/mol. The first kappa shape index (κ1) is 12.5. The molecule has 1 aliphatic carbocycles. The summed E-state index contributed by atoms with van der Waals surface area (Å²) in [5, 5.41) is 0. The monoisotopic (exact) mass is 240 g/mol. The molecular formula is C14H18F2O. The molecule has 0 aromatic heterocycles. The summed E-state index contributed by atoms with van der Waals surface area (Å²) >= 11 is 0. The number of benzene rings is 1. The molecule has 17 heavy (non-hydrogen) atoms. The first-order chi connectivity index (χ1) is 8.24. The number of rotatable bonds is 3. The van der Waals surface area contributed by atoms with Gasteiger partial charge in [0.15, 0.2) is 0 Å². The van der Waals surface area contributed by atoms with Crippen molar-refractivity contribution in [1.29, 1.82) is 0 Å². The van der Waals surface area contributed by atoms with Crippen LogP contribution in [0.25, 0.3) is 0 Å². The molecule has 0 bridgehead atoms. The van der Waals surface area contributed by atoms with Crippen LogP contribution in [-0.4, -0.2) is 13.2 Å². The summed E-state index contributed by atoms with van der Waals surface area (Å²) in [7, 11) is 1.74. The Morgan fingerprint density at radius 2 is 1.94 bits per heavy atom. The molecule has 1 aromatic rings. The summed E-state index contributed by atoms with van der Waals surface area (Å²) in [4.78, 5) is 0. The van der Waals surface area contributed by atoms with Gasteiger partial charge < -0.3 is 4.74 Å². The van der Waals surface area contributed by atoms with E-state index in [-0.39, 0.29) is 5.56 Å². The van der Waals surface area contributed by atoms with Gasteiger partial charge in [-0.25, -0.2) is 8.78 Å². The van der Waals surface area contributed by atoms with Crippen molar-refractivity contribution in [2.24, 2.45) is 0 Å². The van der Waals surface area contributed by atoms with E-state index >= 15 is 0 Å². The second-order valence-corrected chi connectivity index (χ2v) is 4.69. The van der Waals surface area contributed by atoms with Gasteiger partial charge in [-0.1, -0.05) is 12.1 Å². The molecule has 1 saturated carbocycles. The fourth-order valence-electron chi connectivity index (χ4n) is 2.56. The minimum atomic E-state index is -0.734. The Labute approximate surface area is 101 Å². The van der Waals surface area contributed by atoms with Crippen LogP contribution in [-0.2, 0) is 11.4 Å². The standard InChI is InChI=1S/C14H18F2O/c1-17-13-6-4-10(5-7-13)11-2-3-12(9-15)14(16)8-11/h2-3,8,10,13H,4-7,9H2,1H3. The third-order valence-electron chi connectivity index (χ3n) is 3.70. The highest BCUT2D eigenvalue weighted by Gasteiger charge is 2.22. The molecule has 0 spiro atoms. The van der Waals surface area contributed by atoms with E-state index in [9.17, 15) is 8.78 Å². The zero-order chi connectivity index (χ0) is 12.3. The molecule has 2 rings (SSSR count). The lowest BCUT2D eigenvalue weighted by molar-refractivity contribution is 0.0658. The van der Waals surface area contributed by atoms with Crippen LogP contribution in [0.15, 0.2) is 18.2 Å². The van der Waals surface area contributed by atoms with E-state index in [4.69, 9.17) is 4.74 Å². The van der Waals surface area contributed by atoms with Crippen LogP contribution in [0.3, 0.4) is 0 Å². The molecule has 1 fully saturated rings. The van der Waals surface area contributed by atoms with Gasteiger partial charge in [0.25, 0.3) is 0 Å². The zero-order valence-corrected chi connectivity index (χ0v) is 10.1. The SMILES string of the molecule is COC1CCC(c2ccc(CF)c(F)c2)CC1. The van der Waals surface area contributed by atoms with Crippen molar-refractivity contribution in [3.63, 3.8) is 0 Å². The van der Waals surface area contributed by atoms with Gasteiger partial charge in [0.05, 0.1) is 6.10 Å². The molecule has 0 amide bonds. The van der Waals surface area contributed by atoms with Crippen LogP contribution in [0.5, 0.6) is 0 Å². The van der Waals surface area contributed by atoms with Crippen molar-refractivity contribution in [2.75, 3.05) is 7.11 Å². The highest BCUT2D eigenvalue weighted by atomic mass is 19.1. The van der Waals surface area contributed by atoms with E-state index in [1.54, 1.807) is 13.2 Å². The number of ether oxygens (including phenoxy) is 1. The molecule has 94 valence electrons. The van der Waals surface area contributed by atoms with Gasteiger partial charge in [-0.2, -0.15) is 0 Å². The molecule has 1 aromatic carbocycles. The van der Waals surface area contributed by atoms with E-state index in [1.807, 2.05) is 6.07 Å². The van der Waals surface area contributed by atoms with E-state index in [0.29, 0.717) is 12.0 Å². The minimum Gasteiger partial charge on any atom is -0.381 e. The fraction of sp³-hybridized carbons (Fsp3) is 0.571. The first-order valence-corrected chi connectivity index (χ1v) is 6.11. The normalized spacial score (nSPS) is 24.9. The highest BCUT2D eigenvalue weighted by molar-refractivity contribution is 5.27. The van der Waals surface area contributed by atoms with Crippen LogP contribution in [0.1, 0.15) is 42.7 Å². The van der Waals surface area contributed by atoms with Gasteiger partial charge in [-0.05, 0) is 43.2 Å². The van der Waals surface area contributed by atoms with E-state index < -0.39 is 12.5 Å². The smallest absolute Gasteiger partial charge is 0.129 e. The maximum Gasteiger partial charge on any atom is 0.129 e. The summed E-state index contributed by atoms with van der Waals surface area (Å²) in [6, 6.07) is 4.91. The Hall–Kier alpha value is -0.960. The maximum atomic E-state index is 13.5. The third-order valence-corrected chi connectivity index (χ3v) is 3.70. The van der Waals surface area contributed by atoms with Crippen molar-refractivity contribution in [3.8, 4) is 0 Å². The van der Waals surface area contributed by atoms with Gasteiger partial charge in [0.1, 0.15) is 12.5 Å². The molecule has 0 N–H and O–H groups in total. The summed E-state index contributed by atoms with van der Waals surface area (Å²) < 4.78 is 31.2. The second kappa shape index (κ2) is 5.58. The molecule has 0 atom stereocenters. The van der Waals surface area contributed by atoms with Crippen molar-refractivity contribution < 1.29 is 13.5 Å². The molecular weight excluding hydrogens is 222 g/mol. The van der Waals surface area contributed by atoms with Gasteiger partial charge in [-0.15, -0.1) is 0 Å². The first-order valence-electron chi connectivity index (χ1n) is 6.11. The van der Waals surface area contributed by atoms with Crippen LogP contribution >= 0.6 is 0 Å². The zero-order valence-electron chi connectivity index (χ0n) is 10.1. The minimum absolute atomic E-state index is 0.152. The lowest BCUT2D eigenvalue weighted by atomic mass is 9.82. The molecule has 0 radical (unpaired) electrons. The average Bonchev–Trinajstić information content (AvgIpc) is 2.39. The molecule has 1 aliphatic rings. The van der Waals surface area contributed by atoms with Gasteiger partial charge in [0.2, 0.25) is 0 Å². The van der Waals surface area contributed by atoms with Crippen LogP contribution < -0.4 is 0 Å². The topological polar surface area (TPSA) is 9.23 Å². The molecule has 1 nitrogen and oxygen atoms in total. The molecule has 3 heteroatoms. The van der Waals surface area contributed by atoms with Gasteiger partial charge in [0, 0.05) is 12.7 Å². The number of alkyl halides is 1. The predicted octanol–water partition coefficient (Wildman–Crippen LogP) is 3.97. The molecule has 0 unspecified atom stereocenters. The number of hydrogen-bond acceptors (Lipinski definition) is 1.